The lowest BCUT2D eigenvalue weighted by atomic mass is 10.3. The van der Waals surface area contributed by atoms with Crippen molar-refractivity contribution in [3.8, 4) is 0 Å². The Kier molecular flexibility index (Phi) is 3.59. The summed E-state index contributed by atoms with van der Waals surface area (Å²) in [6.07, 6.45) is 4.45. The fourth-order valence-electron chi connectivity index (χ4n) is 2.11. The lowest BCUT2D eigenvalue weighted by Gasteiger charge is -2.13. The van der Waals surface area contributed by atoms with Gasteiger partial charge in [0.05, 0.1) is 23.7 Å². The Hall–Kier alpha value is -2.02. The van der Waals surface area contributed by atoms with Gasteiger partial charge in [-0.3, -0.25) is 4.98 Å². The second kappa shape index (κ2) is 5.40. The molecule has 0 unspecified atom stereocenters. The van der Waals surface area contributed by atoms with Gasteiger partial charge in [-0.05, 0) is 41.9 Å². The third-order valence-corrected chi connectivity index (χ3v) is 3.51. The summed E-state index contributed by atoms with van der Waals surface area (Å²) in [6, 6.07) is 3.63. The fourth-order valence-corrected chi connectivity index (χ4v) is 2.51. The van der Waals surface area contributed by atoms with Gasteiger partial charge in [0.2, 0.25) is 0 Å². The Morgan fingerprint density at radius 3 is 2.90 bits per heavy atom. The standard InChI is InChI=1S/C14H13BrFN5/c1-8(2)21-7-18-11-5-12(15)20-14(13(11)21)19-10-3-4-17-6-9(10)16/h3-8H,1-2H3,(H,17,19,20). The van der Waals surface area contributed by atoms with Crippen LogP contribution in [0.2, 0.25) is 0 Å². The Morgan fingerprint density at radius 1 is 1.38 bits per heavy atom. The summed E-state index contributed by atoms with van der Waals surface area (Å²) in [7, 11) is 0. The molecule has 0 atom stereocenters. The molecule has 3 aromatic rings. The molecule has 0 aliphatic heterocycles. The highest BCUT2D eigenvalue weighted by Crippen LogP contribution is 2.29. The van der Waals surface area contributed by atoms with Crippen LogP contribution in [0.5, 0.6) is 0 Å². The summed E-state index contributed by atoms with van der Waals surface area (Å²) in [5, 5.41) is 3.02. The molecule has 0 aliphatic rings. The predicted molar refractivity (Wildman–Crippen MR) is 83.1 cm³/mol. The van der Waals surface area contributed by atoms with Gasteiger partial charge in [0, 0.05) is 12.2 Å². The van der Waals surface area contributed by atoms with Gasteiger partial charge in [0.25, 0.3) is 0 Å². The second-order valence-corrected chi connectivity index (χ2v) is 5.70. The minimum Gasteiger partial charge on any atom is -0.336 e. The van der Waals surface area contributed by atoms with Crippen LogP contribution < -0.4 is 5.32 Å². The zero-order valence-electron chi connectivity index (χ0n) is 11.5. The first-order valence-electron chi connectivity index (χ1n) is 6.46. The van der Waals surface area contributed by atoms with Gasteiger partial charge in [-0.25, -0.2) is 14.4 Å². The quantitative estimate of drug-likeness (QED) is 0.724. The van der Waals surface area contributed by atoms with Gasteiger partial charge in [-0.2, -0.15) is 0 Å². The molecule has 3 heterocycles. The van der Waals surface area contributed by atoms with E-state index in [0.717, 1.165) is 17.2 Å². The molecular weight excluding hydrogens is 337 g/mol. The van der Waals surface area contributed by atoms with E-state index in [4.69, 9.17) is 0 Å². The average molecular weight is 350 g/mol. The number of pyridine rings is 2. The van der Waals surface area contributed by atoms with Crippen molar-refractivity contribution in [3.63, 3.8) is 0 Å². The largest absolute Gasteiger partial charge is 0.336 e. The molecule has 21 heavy (non-hydrogen) atoms. The van der Waals surface area contributed by atoms with E-state index in [1.165, 1.54) is 6.20 Å². The first kappa shape index (κ1) is 13.9. The van der Waals surface area contributed by atoms with Gasteiger partial charge < -0.3 is 9.88 Å². The molecule has 0 saturated heterocycles. The zero-order chi connectivity index (χ0) is 15.0. The topological polar surface area (TPSA) is 55.6 Å². The number of halogens is 2. The van der Waals surface area contributed by atoms with Gasteiger partial charge in [-0.1, -0.05) is 0 Å². The van der Waals surface area contributed by atoms with Crippen molar-refractivity contribution in [2.45, 2.75) is 19.9 Å². The number of rotatable bonds is 3. The summed E-state index contributed by atoms with van der Waals surface area (Å²) in [4.78, 5) is 12.5. The van der Waals surface area contributed by atoms with Crippen LogP contribution in [0, 0.1) is 5.82 Å². The van der Waals surface area contributed by atoms with E-state index >= 15 is 0 Å². The minimum absolute atomic E-state index is 0.223. The van der Waals surface area contributed by atoms with Crippen LogP contribution in [0.4, 0.5) is 15.9 Å². The number of anilines is 2. The molecule has 0 aromatic carbocycles. The van der Waals surface area contributed by atoms with Crippen molar-refractivity contribution in [2.75, 3.05) is 5.32 Å². The van der Waals surface area contributed by atoms with E-state index in [1.807, 2.05) is 10.6 Å². The predicted octanol–water partition coefficient (Wildman–Crippen LogP) is 4.05. The lowest BCUT2D eigenvalue weighted by Crippen LogP contribution is -2.04. The van der Waals surface area contributed by atoms with E-state index in [2.05, 4.69) is 50.0 Å². The molecule has 0 bridgehead atoms. The monoisotopic (exact) mass is 349 g/mol. The van der Waals surface area contributed by atoms with Crippen molar-refractivity contribution in [1.29, 1.82) is 0 Å². The average Bonchev–Trinajstić information content (AvgIpc) is 2.85. The number of aromatic nitrogens is 4. The van der Waals surface area contributed by atoms with E-state index in [1.54, 1.807) is 12.4 Å². The van der Waals surface area contributed by atoms with Crippen LogP contribution in [-0.2, 0) is 0 Å². The molecule has 0 spiro atoms. The summed E-state index contributed by atoms with van der Waals surface area (Å²) < 4.78 is 16.4. The summed E-state index contributed by atoms with van der Waals surface area (Å²) >= 11 is 3.35. The molecule has 108 valence electrons. The van der Waals surface area contributed by atoms with Crippen LogP contribution in [0.1, 0.15) is 19.9 Å². The maximum atomic E-state index is 13.8. The van der Waals surface area contributed by atoms with Crippen molar-refractivity contribution < 1.29 is 4.39 Å². The SMILES string of the molecule is CC(C)n1cnc2cc(Br)nc(Nc3ccncc3F)c21. The molecule has 5 nitrogen and oxygen atoms in total. The van der Waals surface area contributed by atoms with E-state index < -0.39 is 5.82 Å². The maximum Gasteiger partial charge on any atom is 0.164 e. The van der Waals surface area contributed by atoms with Crippen molar-refractivity contribution >= 4 is 38.5 Å². The van der Waals surface area contributed by atoms with Crippen LogP contribution in [0.3, 0.4) is 0 Å². The summed E-state index contributed by atoms with van der Waals surface area (Å²) in [5.74, 6) is 0.124. The van der Waals surface area contributed by atoms with Gasteiger partial charge in [0.15, 0.2) is 11.6 Å². The van der Waals surface area contributed by atoms with E-state index in [0.29, 0.717) is 16.1 Å². The first-order chi connectivity index (χ1) is 10.1. The Morgan fingerprint density at radius 2 is 2.19 bits per heavy atom. The van der Waals surface area contributed by atoms with Crippen LogP contribution in [0.25, 0.3) is 11.0 Å². The molecule has 7 heteroatoms. The van der Waals surface area contributed by atoms with Crippen LogP contribution >= 0.6 is 15.9 Å². The molecule has 3 rings (SSSR count). The van der Waals surface area contributed by atoms with Crippen molar-refractivity contribution in [3.05, 3.63) is 41.3 Å². The lowest BCUT2D eigenvalue weighted by molar-refractivity contribution is 0.617. The van der Waals surface area contributed by atoms with Gasteiger partial charge in [0.1, 0.15) is 10.1 Å². The van der Waals surface area contributed by atoms with Gasteiger partial charge in [-0.15, -0.1) is 0 Å². The number of imidazole rings is 1. The van der Waals surface area contributed by atoms with Crippen molar-refractivity contribution in [1.82, 2.24) is 19.5 Å². The maximum absolute atomic E-state index is 13.8. The molecule has 3 aromatic heterocycles. The van der Waals surface area contributed by atoms with E-state index in [-0.39, 0.29) is 6.04 Å². The number of fused-ring (bicyclic) bond motifs is 1. The molecule has 0 fully saturated rings. The normalized spacial score (nSPS) is 11.3. The molecule has 1 N–H and O–H groups in total. The number of nitrogens with one attached hydrogen (secondary N) is 1. The third kappa shape index (κ3) is 2.61. The highest BCUT2D eigenvalue weighted by Gasteiger charge is 2.14. The highest BCUT2D eigenvalue weighted by molar-refractivity contribution is 9.10. The molecule has 0 radical (unpaired) electrons. The van der Waals surface area contributed by atoms with Crippen molar-refractivity contribution in [2.24, 2.45) is 0 Å². The minimum atomic E-state index is -0.428. The van der Waals surface area contributed by atoms with Gasteiger partial charge >= 0.3 is 0 Å². The Labute approximate surface area is 129 Å². The fraction of sp³-hybridized carbons (Fsp3) is 0.214. The Balaban J connectivity index is 2.17. The van der Waals surface area contributed by atoms with Crippen LogP contribution in [-0.4, -0.2) is 19.5 Å². The molecule has 0 amide bonds. The highest BCUT2D eigenvalue weighted by atomic mass is 79.9. The summed E-state index contributed by atoms with van der Waals surface area (Å²) in [5.41, 5.74) is 1.96. The smallest absolute Gasteiger partial charge is 0.164 e. The van der Waals surface area contributed by atoms with Crippen LogP contribution in [0.15, 0.2) is 35.5 Å². The second-order valence-electron chi connectivity index (χ2n) is 4.89. The number of hydrogen-bond acceptors (Lipinski definition) is 4. The molecular formula is C14H13BrFN5. The number of hydrogen-bond donors (Lipinski definition) is 1. The van der Waals surface area contributed by atoms with E-state index in [9.17, 15) is 4.39 Å². The third-order valence-electron chi connectivity index (χ3n) is 3.10. The Bertz CT molecular complexity index is 799. The molecule has 0 aliphatic carbocycles. The summed E-state index contributed by atoms with van der Waals surface area (Å²) in [6.45, 7) is 4.11. The first-order valence-corrected chi connectivity index (χ1v) is 7.25. The zero-order valence-corrected chi connectivity index (χ0v) is 13.1. The number of nitrogens with zero attached hydrogens (tertiary/aromatic N) is 4. The molecule has 0 saturated carbocycles.